The van der Waals surface area contributed by atoms with Gasteiger partial charge in [0.15, 0.2) is 6.17 Å². The van der Waals surface area contributed by atoms with Crippen molar-refractivity contribution in [3.63, 3.8) is 0 Å². The summed E-state index contributed by atoms with van der Waals surface area (Å²) < 4.78 is 36.4. The maximum Gasteiger partial charge on any atom is 0.292 e. The molecule has 1 heterocycles. The number of alkyl halides is 3. The number of halogens is 3. The van der Waals surface area contributed by atoms with Crippen molar-refractivity contribution in [3.05, 3.63) is 0 Å². The van der Waals surface area contributed by atoms with Crippen LogP contribution in [0.2, 0.25) is 0 Å². The van der Waals surface area contributed by atoms with Gasteiger partial charge in [0, 0.05) is 6.54 Å². The molecule has 1 atom stereocenters. The van der Waals surface area contributed by atoms with Gasteiger partial charge in [-0.3, -0.25) is 0 Å². The van der Waals surface area contributed by atoms with Crippen LogP contribution in [0.25, 0.3) is 0 Å². The molecule has 0 bridgehead atoms. The van der Waals surface area contributed by atoms with E-state index < -0.39 is 18.6 Å². The van der Waals surface area contributed by atoms with E-state index in [4.69, 9.17) is 0 Å². The molecular weight excluding hydrogens is 131 g/mol. The maximum atomic E-state index is 12.2. The molecule has 1 aliphatic rings. The van der Waals surface area contributed by atoms with Crippen LogP contribution in [0.3, 0.4) is 0 Å². The molecular formula is C5H7F3N. The number of piperidine rings is 1. The van der Waals surface area contributed by atoms with Crippen molar-refractivity contribution in [2.24, 2.45) is 0 Å². The first-order valence-corrected chi connectivity index (χ1v) is 2.78. The van der Waals surface area contributed by atoms with E-state index in [-0.39, 0.29) is 13.0 Å². The van der Waals surface area contributed by atoms with Crippen molar-refractivity contribution >= 4 is 0 Å². The van der Waals surface area contributed by atoms with Crippen LogP contribution >= 0.6 is 0 Å². The largest absolute Gasteiger partial charge is 0.292 e. The molecule has 9 heavy (non-hydrogen) atoms. The summed E-state index contributed by atoms with van der Waals surface area (Å²) in [5.74, 6) is -3.20. The van der Waals surface area contributed by atoms with E-state index in [0.717, 1.165) is 0 Å². The number of rotatable bonds is 0. The van der Waals surface area contributed by atoms with Crippen molar-refractivity contribution in [3.8, 4) is 0 Å². The molecule has 0 aliphatic carbocycles. The maximum absolute atomic E-state index is 12.2. The zero-order chi connectivity index (χ0) is 6.91. The summed E-state index contributed by atoms with van der Waals surface area (Å²) in [6.07, 6.45) is -2.11. The zero-order valence-corrected chi connectivity index (χ0v) is 4.78. The third-order valence-corrected chi connectivity index (χ3v) is 1.32. The normalized spacial score (nSPS) is 34.3. The molecule has 0 aromatic rings. The first-order chi connectivity index (χ1) is 4.13. The average Bonchev–Trinajstić information content (AvgIpc) is 1.77. The number of nitrogens with zero attached hydrogens (tertiary/aromatic N) is 1. The standard InChI is InChI=1S/C5H7F3N/c6-4-1-2-9-3-5(4,7)8/h4H,1-3H2. The van der Waals surface area contributed by atoms with Crippen molar-refractivity contribution in [2.45, 2.75) is 18.5 Å². The fraction of sp³-hybridized carbons (Fsp3) is 1.00. The van der Waals surface area contributed by atoms with Crippen LogP contribution in [0.5, 0.6) is 0 Å². The molecule has 4 heteroatoms. The summed E-state index contributed by atoms with van der Waals surface area (Å²) in [6.45, 7) is -0.412. The molecule has 0 aromatic heterocycles. The third kappa shape index (κ3) is 1.36. The Labute approximate surface area is 51.2 Å². The topological polar surface area (TPSA) is 14.1 Å². The second-order valence-corrected chi connectivity index (χ2v) is 2.12. The van der Waals surface area contributed by atoms with Gasteiger partial charge in [-0.2, -0.15) is 0 Å². The van der Waals surface area contributed by atoms with Gasteiger partial charge in [-0.1, -0.05) is 0 Å². The Bertz CT molecular complexity index is 104. The molecule has 0 aromatic carbocycles. The Morgan fingerprint density at radius 1 is 1.44 bits per heavy atom. The molecule has 1 radical (unpaired) electrons. The molecule has 0 N–H and O–H groups in total. The number of hydrogen-bond acceptors (Lipinski definition) is 0. The van der Waals surface area contributed by atoms with Gasteiger partial charge < -0.3 is 0 Å². The smallest absolute Gasteiger partial charge is 0.241 e. The third-order valence-electron chi connectivity index (χ3n) is 1.32. The highest BCUT2D eigenvalue weighted by atomic mass is 19.3. The van der Waals surface area contributed by atoms with Crippen LogP contribution in [0.4, 0.5) is 13.2 Å². The summed E-state index contributed by atoms with van der Waals surface area (Å²) >= 11 is 0. The van der Waals surface area contributed by atoms with Crippen LogP contribution in [-0.4, -0.2) is 25.2 Å². The lowest BCUT2D eigenvalue weighted by molar-refractivity contribution is -0.0865. The Kier molecular flexibility index (Phi) is 1.66. The minimum absolute atomic E-state index is 0.132. The Morgan fingerprint density at radius 3 is 2.44 bits per heavy atom. The lowest BCUT2D eigenvalue weighted by Crippen LogP contribution is -2.44. The highest BCUT2D eigenvalue weighted by molar-refractivity contribution is 4.83. The van der Waals surface area contributed by atoms with E-state index in [2.05, 4.69) is 5.32 Å². The fourth-order valence-corrected chi connectivity index (χ4v) is 0.743. The van der Waals surface area contributed by atoms with Crippen LogP contribution in [0.15, 0.2) is 0 Å². The molecule has 1 aliphatic heterocycles. The molecule has 1 nitrogen and oxygen atoms in total. The fourth-order valence-electron chi connectivity index (χ4n) is 0.743. The van der Waals surface area contributed by atoms with Gasteiger partial charge in [-0.25, -0.2) is 18.5 Å². The van der Waals surface area contributed by atoms with Gasteiger partial charge in [-0.15, -0.1) is 0 Å². The Morgan fingerprint density at radius 2 is 2.11 bits per heavy atom. The minimum Gasteiger partial charge on any atom is -0.241 e. The predicted octanol–water partition coefficient (Wildman–Crippen LogP) is 0.968. The van der Waals surface area contributed by atoms with E-state index in [1.165, 1.54) is 0 Å². The van der Waals surface area contributed by atoms with Crippen molar-refractivity contribution in [1.82, 2.24) is 5.32 Å². The van der Waals surface area contributed by atoms with Gasteiger partial charge in [0.1, 0.15) is 0 Å². The van der Waals surface area contributed by atoms with E-state index in [1.54, 1.807) is 0 Å². The van der Waals surface area contributed by atoms with Gasteiger partial charge in [0.25, 0.3) is 5.92 Å². The van der Waals surface area contributed by atoms with E-state index >= 15 is 0 Å². The second kappa shape index (κ2) is 2.17. The van der Waals surface area contributed by atoms with Crippen LogP contribution in [0, 0.1) is 0 Å². The highest BCUT2D eigenvalue weighted by Gasteiger charge is 2.42. The van der Waals surface area contributed by atoms with Crippen molar-refractivity contribution < 1.29 is 13.2 Å². The highest BCUT2D eigenvalue weighted by Crippen LogP contribution is 2.25. The van der Waals surface area contributed by atoms with Crippen LogP contribution in [-0.2, 0) is 0 Å². The summed E-state index contributed by atoms with van der Waals surface area (Å²) in [5, 5.41) is 3.39. The monoisotopic (exact) mass is 138 g/mol. The van der Waals surface area contributed by atoms with Crippen LogP contribution in [0.1, 0.15) is 6.42 Å². The average molecular weight is 138 g/mol. The molecule has 0 amide bonds. The molecule has 1 unspecified atom stereocenters. The van der Waals surface area contributed by atoms with Gasteiger partial charge in [0.2, 0.25) is 0 Å². The van der Waals surface area contributed by atoms with Gasteiger partial charge >= 0.3 is 0 Å². The summed E-state index contributed by atoms with van der Waals surface area (Å²) in [4.78, 5) is 0. The van der Waals surface area contributed by atoms with Gasteiger partial charge in [-0.05, 0) is 6.42 Å². The Balaban J connectivity index is 2.49. The summed E-state index contributed by atoms with van der Waals surface area (Å²) in [6, 6.07) is 0. The van der Waals surface area contributed by atoms with Crippen molar-refractivity contribution in [2.75, 3.05) is 13.1 Å². The van der Waals surface area contributed by atoms with E-state index in [9.17, 15) is 13.2 Å². The predicted molar refractivity (Wildman–Crippen MR) is 26.3 cm³/mol. The van der Waals surface area contributed by atoms with E-state index in [0.29, 0.717) is 0 Å². The zero-order valence-electron chi connectivity index (χ0n) is 4.78. The minimum atomic E-state index is -3.20. The first kappa shape index (κ1) is 6.86. The Hall–Kier alpha value is -0.250. The SMILES string of the molecule is FC1CC[N]CC1(F)F. The lowest BCUT2D eigenvalue weighted by atomic mass is 10.1. The summed E-state index contributed by atoms with van der Waals surface area (Å²) in [5.41, 5.74) is 0. The number of hydrogen-bond donors (Lipinski definition) is 0. The molecule has 1 fully saturated rings. The van der Waals surface area contributed by atoms with E-state index in [1.807, 2.05) is 0 Å². The van der Waals surface area contributed by atoms with Gasteiger partial charge in [0.05, 0.1) is 6.54 Å². The second-order valence-electron chi connectivity index (χ2n) is 2.12. The summed E-state index contributed by atoms with van der Waals surface area (Å²) in [7, 11) is 0. The molecule has 0 spiro atoms. The van der Waals surface area contributed by atoms with Crippen LogP contribution < -0.4 is 5.32 Å². The molecule has 0 saturated carbocycles. The first-order valence-electron chi connectivity index (χ1n) is 2.78. The quantitative estimate of drug-likeness (QED) is 0.473. The molecule has 53 valence electrons. The van der Waals surface area contributed by atoms with Crippen molar-refractivity contribution in [1.29, 1.82) is 0 Å². The lowest BCUT2D eigenvalue weighted by Gasteiger charge is -2.24. The molecule has 1 saturated heterocycles. The molecule has 1 rings (SSSR count).